The van der Waals surface area contributed by atoms with Crippen LogP contribution < -0.4 is 5.73 Å². The molecular formula is C26H26N4O8. The van der Waals surface area contributed by atoms with E-state index in [-0.39, 0.29) is 5.56 Å². The first-order valence-electron chi connectivity index (χ1n) is 12.0. The Bertz CT molecular complexity index is 1410. The fourth-order valence-corrected chi connectivity index (χ4v) is 6.73. The van der Waals surface area contributed by atoms with Gasteiger partial charge in [0.1, 0.15) is 5.75 Å². The second-order valence-corrected chi connectivity index (χ2v) is 10.4. The normalized spacial score (nSPS) is 34.5. The number of likely N-dealkylation sites (N-methyl/N-ethyl adjacent to an activating group) is 1. The molecule has 2 aromatic rings. The molecule has 38 heavy (non-hydrogen) atoms. The van der Waals surface area contributed by atoms with Gasteiger partial charge in [0.05, 0.1) is 41.4 Å². The summed E-state index contributed by atoms with van der Waals surface area (Å²) >= 11 is 0. The summed E-state index contributed by atoms with van der Waals surface area (Å²) in [4.78, 5) is 76.2. The van der Waals surface area contributed by atoms with Crippen molar-refractivity contribution in [1.82, 2.24) is 14.9 Å². The molecule has 8 atom stereocenters. The van der Waals surface area contributed by atoms with Gasteiger partial charge in [0.2, 0.25) is 5.91 Å². The van der Waals surface area contributed by atoms with Gasteiger partial charge < -0.3 is 21.1 Å². The van der Waals surface area contributed by atoms with E-state index in [1.54, 1.807) is 13.0 Å². The highest BCUT2D eigenvalue weighted by Gasteiger charge is 2.73. The van der Waals surface area contributed by atoms with Crippen molar-refractivity contribution >= 4 is 29.0 Å². The molecule has 1 heterocycles. The summed E-state index contributed by atoms with van der Waals surface area (Å²) in [5, 5.41) is 34.1. The Labute approximate surface area is 216 Å². The molecule has 3 aliphatic rings. The standard InChI is InChI=1S/C26H26N4O8/c1-9-13-10(11-8-28-6-7-29-11)4-5-12(31)15(13)20(32)16-14(9)21(33)18-19(30(2)3)22(34)17(25(27)37)24(36)26(18,38)23(16)35/h4-9,14,16-19,21,31,33,38H,1-3H3,(H2,27,37)/t9-,14+,16?,17?,18+,19-,21-,26-/m0/s1. The molecule has 0 saturated heterocycles. The molecule has 12 nitrogen and oxygen atoms in total. The molecular weight excluding hydrogens is 496 g/mol. The molecule has 2 unspecified atom stereocenters. The second kappa shape index (κ2) is 8.58. The topological polar surface area (TPSA) is 201 Å². The number of benzene rings is 1. The summed E-state index contributed by atoms with van der Waals surface area (Å²) in [6.07, 6.45) is 2.66. The van der Waals surface area contributed by atoms with Crippen molar-refractivity contribution in [2.75, 3.05) is 14.1 Å². The lowest BCUT2D eigenvalue weighted by Gasteiger charge is -2.56. The van der Waals surface area contributed by atoms with E-state index < -0.39 is 82.1 Å². The number of aromatic nitrogens is 2. The Kier molecular flexibility index (Phi) is 5.82. The largest absolute Gasteiger partial charge is 0.507 e. The highest BCUT2D eigenvalue weighted by atomic mass is 16.3. The number of primary amides is 1. The molecule has 0 radical (unpaired) electrons. The van der Waals surface area contributed by atoms with Crippen molar-refractivity contribution in [3.63, 3.8) is 0 Å². The predicted molar refractivity (Wildman–Crippen MR) is 128 cm³/mol. The van der Waals surface area contributed by atoms with Crippen LogP contribution in [0.15, 0.2) is 30.7 Å². The maximum absolute atomic E-state index is 14.0. The number of rotatable bonds is 3. The van der Waals surface area contributed by atoms with E-state index in [1.165, 1.54) is 43.7 Å². The number of hydrogen-bond acceptors (Lipinski definition) is 11. The number of aliphatic hydroxyl groups is 2. The number of nitrogens with zero attached hydrogens (tertiary/aromatic N) is 3. The number of carbonyl (C=O) groups is 5. The summed E-state index contributed by atoms with van der Waals surface area (Å²) in [6.45, 7) is 1.65. The van der Waals surface area contributed by atoms with E-state index in [9.17, 15) is 39.3 Å². The number of phenolic OH excluding ortho intramolecular Hbond substituents is 1. The van der Waals surface area contributed by atoms with E-state index >= 15 is 0 Å². The SMILES string of the molecule is C[C@H]1c2c(-c3cnccn3)ccc(O)c2C(=O)C2C(=O)[C@]3(O)C(=O)C(C(N)=O)C(=O)[C@@H](N(C)C)[C@@H]3[C@@H](O)[C@@H]21. The average molecular weight is 523 g/mol. The zero-order valence-electron chi connectivity index (χ0n) is 20.7. The minimum absolute atomic E-state index is 0.195. The Morgan fingerprint density at radius 3 is 2.37 bits per heavy atom. The number of ketones is 4. The van der Waals surface area contributed by atoms with Crippen molar-refractivity contribution < 1.29 is 39.3 Å². The fourth-order valence-electron chi connectivity index (χ4n) is 6.73. The third kappa shape index (κ3) is 3.17. The minimum atomic E-state index is -3.03. The van der Waals surface area contributed by atoms with Crippen molar-refractivity contribution in [3.8, 4) is 17.0 Å². The number of nitrogens with two attached hydrogens (primary N) is 1. The number of aromatic hydroxyl groups is 1. The van der Waals surface area contributed by atoms with Crippen molar-refractivity contribution in [3.05, 3.63) is 41.9 Å². The van der Waals surface area contributed by atoms with Crippen LogP contribution in [0.5, 0.6) is 5.75 Å². The van der Waals surface area contributed by atoms with Crippen LogP contribution in [0.25, 0.3) is 11.3 Å². The van der Waals surface area contributed by atoms with Gasteiger partial charge in [0.15, 0.2) is 34.7 Å². The summed E-state index contributed by atoms with van der Waals surface area (Å²) in [5.41, 5.74) is 3.23. The zero-order valence-corrected chi connectivity index (χ0v) is 20.7. The van der Waals surface area contributed by atoms with Crippen LogP contribution in [0.1, 0.15) is 28.8 Å². The molecule has 1 aromatic heterocycles. The molecule has 2 fully saturated rings. The Balaban J connectivity index is 1.75. The molecule has 12 heteroatoms. The van der Waals surface area contributed by atoms with Crippen LogP contribution in [0, 0.1) is 23.7 Å². The summed E-state index contributed by atoms with van der Waals surface area (Å²) in [6, 6.07) is 1.39. The summed E-state index contributed by atoms with van der Waals surface area (Å²) in [7, 11) is 2.88. The lowest BCUT2D eigenvalue weighted by atomic mass is 9.49. The van der Waals surface area contributed by atoms with Gasteiger partial charge in [-0.25, -0.2) is 0 Å². The van der Waals surface area contributed by atoms with Gasteiger partial charge in [-0.3, -0.25) is 38.8 Å². The average Bonchev–Trinajstić information content (AvgIpc) is 2.86. The lowest BCUT2D eigenvalue weighted by molar-refractivity contribution is -0.196. The smallest absolute Gasteiger partial charge is 0.235 e. The number of Topliss-reactive ketones (excluding diaryl/α,β-unsaturated/α-hetero) is 4. The molecule has 3 aliphatic carbocycles. The molecule has 0 spiro atoms. The molecule has 198 valence electrons. The lowest BCUT2D eigenvalue weighted by Crippen LogP contribution is -2.77. The van der Waals surface area contributed by atoms with Crippen molar-refractivity contribution in [2.24, 2.45) is 29.4 Å². The predicted octanol–water partition coefficient (Wildman–Crippen LogP) is -1.14. The molecule has 0 aliphatic heterocycles. The Hall–Kier alpha value is -3.87. The van der Waals surface area contributed by atoms with Gasteiger partial charge >= 0.3 is 0 Å². The van der Waals surface area contributed by atoms with E-state index in [0.29, 0.717) is 16.8 Å². The summed E-state index contributed by atoms with van der Waals surface area (Å²) in [5.74, 6) is -13.8. The van der Waals surface area contributed by atoms with Crippen LogP contribution in [-0.4, -0.2) is 91.1 Å². The number of phenols is 1. The Morgan fingerprint density at radius 2 is 1.79 bits per heavy atom. The summed E-state index contributed by atoms with van der Waals surface area (Å²) < 4.78 is 0. The number of fused-ring (bicyclic) bond motifs is 3. The van der Waals surface area contributed by atoms with Gasteiger partial charge in [0.25, 0.3) is 0 Å². The van der Waals surface area contributed by atoms with Gasteiger partial charge in [-0.15, -0.1) is 0 Å². The van der Waals surface area contributed by atoms with Crippen LogP contribution >= 0.6 is 0 Å². The van der Waals surface area contributed by atoms with Gasteiger partial charge in [-0.05, 0) is 37.7 Å². The molecule has 1 aromatic carbocycles. The number of hydrogen-bond donors (Lipinski definition) is 4. The molecule has 5 N–H and O–H groups in total. The quantitative estimate of drug-likeness (QED) is 0.355. The van der Waals surface area contributed by atoms with Gasteiger partial charge in [0, 0.05) is 23.9 Å². The van der Waals surface area contributed by atoms with E-state index in [0.717, 1.165) is 0 Å². The molecule has 1 amide bonds. The van der Waals surface area contributed by atoms with Gasteiger partial charge in [-0.1, -0.05) is 6.92 Å². The zero-order chi connectivity index (χ0) is 27.8. The number of aliphatic hydroxyl groups excluding tert-OH is 1. The highest BCUT2D eigenvalue weighted by Crippen LogP contribution is 2.55. The van der Waals surface area contributed by atoms with E-state index in [2.05, 4.69) is 9.97 Å². The highest BCUT2D eigenvalue weighted by molar-refractivity contribution is 6.32. The number of amides is 1. The van der Waals surface area contributed by atoms with E-state index in [1.807, 2.05) is 0 Å². The maximum atomic E-state index is 14.0. The maximum Gasteiger partial charge on any atom is 0.235 e. The monoisotopic (exact) mass is 522 g/mol. The molecule has 5 rings (SSSR count). The third-order valence-corrected chi connectivity index (χ3v) is 8.31. The third-order valence-electron chi connectivity index (χ3n) is 8.31. The van der Waals surface area contributed by atoms with Crippen LogP contribution in [0.2, 0.25) is 0 Å². The van der Waals surface area contributed by atoms with Gasteiger partial charge in [-0.2, -0.15) is 0 Å². The van der Waals surface area contributed by atoms with E-state index in [4.69, 9.17) is 5.73 Å². The van der Waals surface area contributed by atoms with Crippen LogP contribution in [0.3, 0.4) is 0 Å². The second-order valence-electron chi connectivity index (χ2n) is 10.4. The van der Waals surface area contributed by atoms with Crippen molar-refractivity contribution in [2.45, 2.75) is 30.6 Å². The fraction of sp³-hybridized carbons (Fsp3) is 0.423. The van der Waals surface area contributed by atoms with Crippen LogP contribution in [0.4, 0.5) is 0 Å². The first kappa shape index (κ1) is 25.8. The first-order chi connectivity index (χ1) is 17.8. The molecule has 2 saturated carbocycles. The number of carbonyl (C=O) groups excluding carboxylic acids is 5. The Morgan fingerprint density at radius 1 is 1.11 bits per heavy atom. The van der Waals surface area contributed by atoms with Crippen molar-refractivity contribution in [1.29, 1.82) is 0 Å². The molecule has 0 bridgehead atoms. The van der Waals surface area contributed by atoms with Crippen LogP contribution in [-0.2, 0) is 19.2 Å². The minimum Gasteiger partial charge on any atom is -0.507 e. The first-order valence-corrected chi connectivity index (χ1v) is 12.0.